The maximum Gasteiger partial charge on any atom is 0.331 e. The number of hydrogen-bond acceptors (Lipinski definition) is 2. The van der Waals surface area contributed by atoms with Crippen LogP contribution in [0.15, 0.2) is 9.81 Å². The highest BCUT2D eigenvalue weighted by Gasteiger charge is 2.69. The van der Waals surface area contributed by atoms with Crippen molar-refractivity contribution in [3.63, 3.8) is 0 Å². The standard InChI is InChI=1S/C10H14ClF3S2/c1-3-5-15-7-8(16-6-4-2)10(13,14)9(7,11)12/h3-6H2,1-2H3. The fourth-order valence-corrected chi connectivity index (χ4v) is 4.03. The summed E-state index contributed by atoms with van der Waals surface area (Å²) in [6.07, 6.45) is 1.58. The Bertz CT molecular complexity index is 262. The first-order valence-corrected chi connectivity index (χ1v) is 7.50. The van der Waals surface area contributed by atoms with E-state index >= 15 is 0 Å². The van der Waals surface area contributed by atoms with Crippen molar-refractivity contribution >= 4 is 35.1 Å². The van der Waals surface area contributed by atoms with E-state index in [-0.39, 0.29) is 9.81 Å². The third kappa shape index (κ3) is 2.36. The van der Waals surface area contributed by atoms with Gasteiger partial charge in [0, 0.05) is 0 Å². The van der Waals surface area contributed by atoms with Gasteiger partial charge in [-0.1, -0.05) is 25.4 Å². The first-order chi connectivity index (χ1) is 7.39. The molecule has 6 heteroatoms. The molecule has 0 aromatic rings. The van der Waals surface area contributed by atoms with E-state index in [4.69, 9.17) is 11.6 Å². The molecule has 0 spiro atoms. The molecule has 1 aliphatic rings. The van der Waals surface area contributed by atoms with Crippen molar-refractivity contribution in [2.45, 2.75) is 37.7 Å². The van der Waals surface area contributed by atoms with E-state index in [9.17, 15) is 13.2 Å². The second-order valence-electron chi connectivity index (χ2n) is 3.50. The fourth-order valence-electron chi connectivity index (χ4n) is 1.23. The van der Waals surface area contributed by atoms with Crippen LogP contribution in [0.1, 0.15) is 26.7 Å². The number of halogens is 4. The fraction of sp³-hybridized carbons (Fsp3) is 0.800. The van der Waals surface area contributed by atoms with Gasteiger partial charge in [-0.3, -0.25) is 0 Å². The van der Waals surface area contributed by atoms with Crippen LogP contribution in [0.5, 0.6) is 0 Å². The van der Waals surface area contributed by atoms with Gasteiger partial charge in [-0.15, -0.1) is 23.5 Å². The van der Waals surface area contributed by atoms with Crippen molar-refractivity contribution in [3.8, 4) is 0 Å². The van der Waals surface area contributed by atoms with Crippen molar-refractivity contribution in [1.82, 2.24) is 0 Å². The van der Waals surface area contributed by atoms with Crippen LogP contribution in [0.4, 0.5) is 13.2 Å². The van der Waals surface area contributed by atoms with Crippen LogP contribution in [-0.4, -0.2) is 22.6 Å². The summed E-state index contributed by atoms with van der Waals surface area (Å²) in [5, 5.41) is -2.98. The SMILES string of the molecule is CCCSC1=C(SCCC)C(F)(Cl)C1(F)F. The summed E-state index contributed by atoms with van der Waals surface area (Å²) < 4.78 is 40.3. The molecular formula is C10H14ClF3S2. The molecule has 1 unspecified atom stereocenters. The van der Waals surface area contributed by atoms with Gasteiger partial charge in [-0.05, 0) is 24.3 Å². The van der Waals surface area contributed by atoms with Crippen LogP contribution in [0.2, 0.25) is 0 Å². The molecule has 1 atom stereocenters. The third-order valence-corrected chi connectivity index (χ3v) is 5.49. The molecule has 0 aliphatic heterocycles. The Morgan fingerprint density at radius 2 is 1.44 bits per heavy atom. The monoisotopic (exact) mass is 290 g/mol. The van der Waals surface area contributed by atoms with Crippen LogP contribution < -0.4 is 0 Å². The molecule has 1 rings (SSSR count). The largest absolute Gasteiger partial charge is 0.331 e. The lowest BCUT2D eigenvalue weighted by Crippen LogP contribution is -2.51. The summed E-state index contributed by atoms with van der Waals surface area (Å²) in [6, 6.07) is 0. The second kappa shape index (κ2) is 5.44. The van der Waals surface area contributed by atoms with Crippen molar-refractivity contribution < 1.29 is 13.2 Å². The molecule has 0 nitrogen and oxygen atoms in total. The van der Waals surface area contributed by atoms with Crippen LogP contribution in [0, 0.1) is 0 Å². The molecule has 0 amide bonds. The smallest absolute Gasteiger partial charge is 0.213 e. The van der Waals surface area contributed by atoms with E-state index in [0.29, 0.717) is 11.5 Å². The van der Waals surface area contributed by atoms with Gasteiger partial charge in [0.25, 0.3) is 5.13 Å². The summed E-state index contributed by atoms with van der Waals surface area (Å²) in [5.41, 5.74) is 0. The number of thioether (sulfide) groups is 2. The topological polar surface area (TPSA) is 0 Å². The van der Waals surface area contributed by atoms with Gasteiger partial charge in [-0.25, -0.2) is 4.39 Å². The van der Waals surface area contributed by atoms with Crippen molar-refractivity contribution in [2.75, 3.05) is 11.5 Å². The predicted octanol–water partition coefficient (Wildman–Crippen LogP) is 5.04. The Hall–Kier alpha value is 0.520. The first kappa shape index (κ1) is 14.6. The molecule has 1 aliphatic carbocycles. The Kier molecular flexibility index (Phi) is 4.96. The van der Waals surface area contributed by atoms with Crippen LogP contribution in [0.3, 0.4) is 0 Å². The van der Waals surface area contributed by atoms with Gasteiger partial charge in [0.2, 0.25) is 0 Å². The highest BCUT2D eigenvalue weighted by atomic mass is 35.5. The Morgan fingerprint density at radius 3 is 1.88 bits per heavy atom. The lowest BCUT2D eigenvalue weighted by Gasteiger charge is -2.41. The Morgan fingerprint density at radius 1 is 1.00 bits per heavy atom. The minimum atomic E-state index is -3.52. The average molecular weight is 291 g/mol. The average Bonchev–Trinajstić information content (AvgIpc) is 2.21. The highest BCUT2D eigenvalue weighted by Crippen LogP contribution is 2.63. The lowest BCUT2D eigenvalue weighted by molar-refractivity contribution is -0.0582. The zero-order valence-corrected chi connectivity index (χ0v) is 11.5. The lowest BCUT2D eigenvalue weighted by atomic mass is 10.0. The van der Waals surface area contributed by atoms with Crippen LogP contribution in [-0.2, 0) is 0 Å². The molecule has 0 aromatic carbocycles. The Balaban J connectivity index is 2.84. The summed E-state index contributed by atoms with van der Waals surface area (Å²) in [5.74, 6) is -2.35. The molecular weight excluding hydrogens is 277 g/mol. The second-order valence-corrected chi connectivity index (χ2v) is 6.24. The zero-order chi connectivity index (χ0) is 12.4. The minimum absolute atomic E-state index is 0.0134. The molecule has 94 valence electrons. The molecule has 16 heavy (non-hydrogen) atoms. The van der Waals surface area contributed by atoms with E-state index in [1.807, 2.05) is 13.8 Å². The number of hydrogen-bond donors (Lipinski definition) is 0. The summed E-state index contributed by atoms with van der Waals surface area (Å²) in [6.45, 7) is 3.81. The highest BCUT2D eigenvalue weighted by molar-refractivity contribution is 8.07. The molecule has 0 radical (unpaired) electrons. The van der Waals surface area contributed by atoms with Crippen LogP contribution >= 0.6 is 35.1 Å². The third-order valence-electron chi connectivity index (χ3n) is 2.07. The van der Waals surface area contributed by atoms with Crippen molar-refractivity contribution in [3.05, 3.63) is 9.81 Å². The Labute approximate surface area is 107 Å². The van der Waals surface area contributed by atoms with Crippen molar-refractivity contribution in [1.29, 1.82) is 0 Å². The summed E-state index contributed by atoms with van der Waals surface area (Å²) in [7, 11) is 0. The van der Waals surface area contributed by atoms with E-state index in [1.165, 1.54) is 0 Å². The molecule has 0 fully saturated rings. The normalized spacial score (nSPS) is 28.1. The molecule has 0 aromatic heterocycles. The van der Waals surface area contributed by atoms with Gasteiger partial charge in [0.1, 0.15) is 0 Å². The zero-order valence-electron chi connectivity index (χ0n) is 9.16. The van der Waals surface area contributed by atoms with Gasteiger partial charge in [-0.2, -0.15) is 8.78 Å². The maximum atomic E-state index is 13.6. The molecule has 0 N–H and O–H groups in total. The first-order valence-electron chi connectivity index (χ1n) is 5.16. The van der Waals surface area contributed by atoms with E-state index < -0.39 is 11.1 Å². The number of rotatable bonds is 6. The molecule has 0 bridgehead atoms. The minimum Gasteiger partial charge on any atom is -0.213 e. The number of allylic oxidation sites excluding steroid dienone is 2. The summed E-state index contributed by atoms with van der Waals surface area (Å²) >= 11 is 7.38. The van der Waals surface area contributed by atoms with Gasteiger partial charge in [0.05, 0.1) is 9.81 Å². The number of alkyl halides is 4. The van der Waals surface area contributed by atoms with Crippen molar-refractivity contribution in [2.24, 2.45) is 0 Å². The molecule has 0 heterocycles. The van der Waals surface area contributed by atoms with Gasteiger partial charge < -0.3 is 0 Å². The van der Waals surface area contributed by atoms with Gasteiger partial charge >= 0.3 is 5.92 Å². The van der Waals surface area contributed by atoms with E-state index in [0.717, 1.165) is 36.4 Å². The summed E-state index contributed by atoms with van der Waals surface area (Å²) in [4.78, 5) is -0.162. The maximum absolute atomic E-state index is 13.6. The molecule has 0 saturated heterocycles. The van der Waals surface area contributed by atoms with E-state index in [2.05, 4.69) is 0 Å². The van der Waals surface area contributed by atoms with E-state index in [1.54, 1.807) is 0 Å². The van der Waals surface area contributed by atoms with Crippen LogP contribution in [0.25, 0.3) is 0 Å². The quantitative estimate of drug-likeness (QED) is 0.629. The predicted molar refractivity (Wildman–Crippen MR) is 67.2 cm³/mol. The van der Waals surface area contributed by atoms with Gasteiger partial charge in [0.15, 0.2) is 0 Å². The molecule has 0 saturated carbocycles.